The number of hydrogen-bond acceptors (Lipinski definition) is 2. The van der Waals surface area contributed by atoms with E-state index in [1.165, 1.54) is 16.7 Å². The Morgan fingerprint density at radius 2 is 1.69 bits per heavy atom. The molecule has 16 heavy (non-hydrogen) atoms. The molecule has 0 saturated heterocycles. The first kappa shape index (κ1) is 13.2. The fourth-order valence-corrected chi connectivity index (χ4v) is 2.34. The van der Waals surface area contributed by atoms with Crippen LogP contribution in [0.3, 0.4) is 0 Å². The van der Waals surface area contributed by atoms with Crippen LogP contribution in [0.15, 0.2) is 12.1 Å². The van der Waals surface area contributed by atoms with Crippen LogP contribution in [0.5, 0.6) is 0 Å². The van der Waals surface area contributed by atoms with E-state index >= 15 is 0 Å². The van der Waals surface area contributed by atoms with Gasteiger partial charge in [-0.3, -0.25) is 0 Å². The van der Waals surface area contributed by atoms with Crippen molar-refractivity contribution in [2.75, 3.05) is 6.54 Å². The molecular weight excluding hydrogens is 198 g/mol. The molecule has 0 aliphatic carbocycles. The Morgan fingerprint density at radius 1 is 1.19 bits per heavy atom. The van der Waals surface area contributed by atoms with Crippen LogP contribution in [0.2, 0.25) is 0 Å². The molecule has 2 nitrogen and oxygen atoms in total. The third-order valence-electron chi connectivity index (χ3n) is 3.03. The molecule has 0 aromatic heterocycles. The average molecular weight is 221 g/mol. The van der Waals surface area contributed by atoms with Gasteiger partial charge in [-0.25, -0.2) is 0 Å². The van der Waals surface area contributed by atoms with E-state index in [0.29, 0.717) is 0 Å². The zero-order valence-electron chi connectivity index (χ0n) is 11.0. The lowest BCUT2D eigenvalue weighted by atomic mass is 9.92. The van der Waals surface area contributed by atoms with Gasteiger partial charge in [-0.1, -0.05) is 24.6 Å². The number of aliphatic hydroxyl groups is 1. The molecule has 1 rings (SSSR count). The maximum atomic E-state index is 10.3. The molecule has 0 radical (unpaired) electrons. The lowest BCUT2D eigenvalue weighted by Gasteiger charge is -2.23. The summed E-state index contributed by atoms with van der Waals surface area (Å²) in [6.45, 7) is 11.2. The first-order chi connectivity index (χ1) is 7.47. The second-order valence-corrected chi connectivity index (χ2v) is 4.60. The van der Waals surface area contributed by atoms with Gasteiger partial charge in [0.25, 0.3) is 0 Å². The fourth-order valence-electron chi connectivity index (χ4n) is 2.34. The molecular formula is C14H23NO. The Kier molecular flexibility index (Phi) is 4.51. The summed E-state index contributed by atoms with van der Waals surface area (Å²) in [5.74, 6) is 0. The Morgan fingerprint density at radius 3 is 2.12 bits per heavy atom. The lowest BCUT2D eigenvalue weighted by molar-refractivity contribution is 0.136. The second kappa shape index (κ2) is 5.46. The summed E-state index contributed by atoms with van der Waals surface area (Å²) < 4.78 is 0. The number of rotatable bonds is 4. The van der Waals surface area contributed by atoms with Gasteiger partial charge in [-0.15, -0.1) is 0 Å². The standard InChI is InChI=1S/C14H23NO/c1-6-15-12(5)14(16)13-10(3)7-9(2)8-11(13)4/h7-8,12,14-16H,6H2,1-5H3. The zero-order chi connectivity index (χ0) is 12.3. The van der Waals surface area contributed by atoms with Gasteiger partial charge in [0, 0.05) is 6.04 Å². The Balaban J connectivity index is 3.03. The van der Waals surface area contributed by atoms with E-state index in [1.54, 1.807) is 0 Å². The van der Waals surface area contributed by atoms with Gasteiger partial charge >= 0.3 is 0 Å². The summed E-state index contributed by atoms with van der Waals surface area (Å²) >= 11 is 0. The van der Waals surface area contributed by atoms with Gasteiger partial charge in [0.1, 0.15) is 0 Å². The minimum absolute atomic E-state index is 0.0881. The Hall–Kier alpha value is -0.860. The first-order valence-electron chi connectivity index (χ1n) is 5.96. The summed E-state index contributed by atoms with van der Waals surface area (Å²) in [4.78, 5) is 0. The number of likely N-dealkylation sites (N-methyl/N-ethyl adjacent to an activating group) is 1. The minimum atomic E-state index is -0.430. The van der Waals surface area contributed by atoms with Crippen molar-refractivity contribution in [1.82, 2.24) is 5.32 Å². The van der Waals surface area contributed by atoms with E-state index in [0.717, 1.165) is 12.1 Å². The molecule has 0 aliphatic rings. The van der Waals surface area contributed by atoms with Crippen LogP contribution in [0.25, 0.3) is 0 Å². The lowest BCUT2D eigenvalue weighted by Crippen LogP contribution is -2.32. The van der Waals surface area contributed by atoms with Gasteiger partial charge in [-0.05, 0) is 50.9 Å². The molecule has 1 aromatic carbocycles. The van der Waals surface area contributed by atoms with Crippen LogP contribution < -0.4 is 5.32 Å². The van der Waals surface area contributed by atoms with Crippen molar-refractivity contribution in [2.24, 2.45) is 0 Å². The zero-order valence-corrected chi connectivity index (χ0v) is 11.0. The topological polar surface area (TPSA) is 32.3 Å². The molecule has 1 aromatic rings. The monoisotopic (exact) mass is 221 g/mol. The van der Waals surface area contributed by atoms with Crippen molar-refractivity contribution in [3.8, 4) is 0 Å². The van der Waals surface area contributed by atoms with Crippen LogP contribution in [0.1, 0.15) is 42.2 Å². The largest absolute Gasteiger partial charge is 0.387 e. The Bertz CT molecular complexity index is 337. The van der Waals surface area contributed by atoms with Crippen LogP contribution in [0.4, 0.5) is 0 Å². The summed E-state index contributed by atoms with van der Waals surface area (Å²) in [7, 11) is 0. The SMILES string of the molecule is CCNC(C)C(O)c1c(C)cc(C)cc1C. The normalized spacial score (nSPS) is 14.9. The molecule has 2 unspecified atom stereocenters. The van der Waals surface area contributed by atoms with Crippen molar-refractivity contribution >= 4 is 0 Å². The molecule has 0 bridgehead atoms. The van der Waals surface area contributed by atoms with Gasteiger partial charge in [0.15, 0.2) is 0 Å². The third-order valence-corrected chi connectivity index (χ3v) is 3.03. The molecule has 0 saturated carbocycles. The van der Waals surface area contributed by atoms with Crippen molar-refractivity contribution in [2.45, 2.75) is 46.8 Å². The summed E-state index contributed by atoms with van der Waals surface area (Å²) in [6, 6.07) is 4.35. The molecule has 0 heterocycles. The van der Waals surface area contributed by atoms with E-state index in [1.807, 2.05) is 6.92 Å². The quantitative estimate of drug-likeness (QED) is 0.819. The van der Waals surface area contributed by atoms with Crippen molar-refractivity contribution in [3.63, 3.8) is 0 Å². The number of aryl methyl sites for hydroxylation is 3. The number of hydrogen-bond donors (Lipinski definition) is 2. The number of benzene rings is 1. The van der Waals surface area contributed by atoms with Crippen molar-refractivity contribution in [3.05, 3.63) is 34.4 Å². The third kappa shape index (κ3) is 2.83. The molecule has 90 valence electrons. The fraction of sp³-hybridized carbons (Fsp3) is 0.571. The van der Waals surface area contributed by atoms with Crippen molar-refractivity contribution in [1.29, 1.82) is 0 Å². The van der Waals surface area contributed by atoms with Crippen LogP contribution in [-0.2, 0) is 0 Å². The summed E-state index contributed by atoms with van der Waals surface area (Å²) in [5.41, 5.74) is 4.67. The molecule has 2 heteroatoms. The highest BCUT2D eigenvalue weighted by Crippen LogP contribution is 2.25. The van der Waals surface area contributed by atoms with Crippen LogP contribution >= 0.6 is 0 Å². The molecule has 0 spiro atoms. The smallest absolute Gasteiger partial charge is 0.0945 e. The Labute approximate surface area is 98.7 Å². The highest BCUT2D eigenvalue weighted by Gasteiger charge is 2.19. The van der Waals surface area contributed by atoms with E-state index < -0.39 is 6.10 Å². The van der Waals surface area contributed by atoms with E-state index in [2.05, 4.69) is 45.1 Å². The van der Waals surface area contributed by atoms with Crippen LogP contribution in [0, 0.1) is 20.8 Å². The molecule has 0 fully saturated rings. The molecule has 0 aliphatic heterocycles. The highest BCUT2D eigenvalue weighted by molar-refractivity contribution is 5.39. The van der Waals surface area contributed by atoms with E-state index in [4.69, 9.17) is 0 Å². The summed E-state index contributed by atoms with van der Waals surface area (Å²) in [5, 5.41) is 13.6. The van der Waals surface area contributed by atoms with Gasteiger partial charge in [0.2, 0.25) is 0 Å². The highest BCUT2D eigenvalue weighted by atomic mass is 16.3. The predicted octanol–water partition coefficient (Wildman–Crippen LogP) is 2.64. The molecule has 2 N–H and O–H groups in total. The average Bonchev–Trinajstić information content (AvgIpc) is 2.16. The maximum Gasteiger partial charge on any atom is 0.0945 e. The maximum absolute atomic E-state index is 10.3. The summed E-state index contributed by atoms with van der Waals surface area (Å²) in [6.07, 6.45) is -0.430. The van der Waals surface area contributed by atoms with Gasteiger partial charge in [-0.2, -0.15) is 0 Å². The second-order valence-electron chi connectivity index (χ2n) is 4.60. The van der Waals surface area contributed by atoms with E-state index in [9.17, 15) is 5.11 Å². The first-order valence-corrected chi connectivity index (χ1v) is 5.96. The number of aliphatic hydroxyl groups excluding tert-OH is 1. The predicted molar refractivity (Wildman–Crippen MR) is 68.8 cm³/mol. The number of nitrogens with one attached hydrogen (secondary N) is 1. The van der Waals surface area contributed by atoms with Crippen molar-refractivity contribution < 1.29 is 5.11 Å². The van der Waals surface area contributed by atoms with Crippen LogP contribution in [-0.4, -0.2) is 17.7 Å². The van der Waals surface area contributed by atoms with Gasteiger partial charge in [0.05, 0.1) is 6.10 Å². The molecule has 2 atom stereocenters. The minimum Gasteiger partial charge on any atom is -0.387 e. The molecule has 0 amide bonds. The van der Waals surface area contributed by atoms with E-state index in [-0.39, 0.29) is 6.04 Å². The van der Waals surface area contributed by atoms with Gasteiger partial charge < -0.3 is 10.4 Å².